The standard InChI is InChI=1S/C27H21NO5S/c1-33-19-10-11-25(34(28,31)32)23(15-19)22-13-18(12-16-6-2-4-8-20(16)22)26-21-9-5-3-7-17(21)14-24(29)27(26)30/h2-15,29-30H,1H3,(H2,28,31,32). The van der Waals surface area contributed by atoms with Crippen molar-refractivity contribution in [3.05, 3.63) is 84.9 Å². The molecule has 5 aromatic rings. The average Bonchev–Trinajstić information content (AvgIpc) is 2.83. The minimum Gasteiger partial charge on any atom is -0.504 e. The molecule has 0 aliphatic heterocycles. The molecule has 0 aromatic heterocycles. The van der Waals surface area contributed by atoms with Gasteiger partial charge in [0.2, 0.25) is 10.0 Å². The van der Waals surface area contributed by atoms with Crippen molar-refractivity contribution in [3.63, 3.8) is 0 Å². The molecule has 0 aliphatic carbocycles. The van der Waals surface area contributed by atoms with Crippen LogP contribution in [0.5, 0.6) is 17.2 Å². The molecule has 34 heavy (non-hydrogen) atoms. The second-order valence-corrected chi connectivity index (χ2v) is 9.52. The molecule has 0 atom stereocenters. The normalized spacial score (nSPS) is 11.7. The van der Waals surface area contributed by atoms with Gasteiger partial charge in [0.05, 0.1) is 12.0 Å². The zero-order valence-corrected chi connectivity index (χ0v) is 19.0. The number of hydrogen-bond acceptors (Lipinski definition) is 5. The number of sulfonamides is 1. The minimum absolute atomic E-state index is 0.0411. The molecular formula is C27H21NO5S. The molecular weight excluding hydrogens is 450 g/mol. The zero-order chi connectivity index (χ0) is 24.0. The first kappa shape index (κ1) is 21.8. The Morgan fingerprint density at radius 1 is 0.765 bits per heavy atom. The molecule has 170 valence electrons. The van der Waals surface area contributed by atoms with Gasteiger partial charge < -0.3 is 14.9 Å². The fraction of sp³-hybridized carbons (Fsp3) is 0.0370. The Labute approximate surface area is 196 Å². The van der Waals surface area contributed by atoms with E-state index >= 15 is 0 Å². The first-order chi connectivity index (χ1) is 16.3. The van der Waals surface area contributed by atoms with E-state index in [1.165, 1.54) is 19.2 Å². The van der Waals surface area contributed by atoms with Crippen molar-refractivity contribution in [3.8, 4) is 39.5 Å². The summed E-state index contributed by atoms with van der Waals surface area (Å²) < 4.78 is 30.3. The lowest BCUT2D eigenvalue weighted by Crippen LogP contribution is -2.13. The quantitative estimate of drug-likeness (QED) is 0.304. The first-order valence-corrected chi connectivity index (χ1v) is 12.0. The van der Waals surface area contributed by atoms with Gasteiger partial charge in [0, 0.05) is 11.1 Å². The first-order valence-electron chi connectivity index (χ1n) is 10.5. The van der Waals surface area contributed by atoms with Gasteiger partial charge in [-0.15, -0.1) is 0 Å². The molecule has 0 spiro atoms. The summed E-state index contributed by atoms with van der Waals surface area (Å²) in [5.41, 5.74) is 2.04. The van der Waals surface area contributed by atoms with Crippen LogP contribution < -0.4 is 9.88 Å². The number of nitrogens with two attached hydrogens (primary N) is 1. The summed E-state index contributed by atoms with van der Waals surface area (Å²) in [4.78, 5) is -0.0411. The number of phenols is 2. The maximum absolute atomic E-state index is 12.5. The molecule has 6 nitrogen and oxygen atoms in total. The smallest absolute Gasteiger partial charge is 0.238 e. The molecule has 5 aromatic carbocycles. The molecule has 0 unspecified atom stereocenters. The summed E-state index contributed by atoms with van der Waals surface area (Å²) >= 11 is 0. The number of benzene rings is 5. The van der Waals surface area contributed by atoms with Crippen LogP contribution in [0.1, 0.15) is 0 Å². The number of ether oxygens (including phenoxy) is 1. The van der Waals surface area contributed by atoms with Crippen molar-refractivity contribution >= 4 is 31.6 Å². The zero-order valence-electron chi connectivity index (χ0n) is 18.2. The molecule has 0 aliphatic rings. The maximum Gasteiger partial charge on any atom is 0.238 e. The Bertz CT molecular complexity index is 1690. The van der Waals surface area contributed by atoms with E-state index in [-0.39, 0.29) is 16.4 Å². The second-order valence-electron chi connectivity index (χ2n) is 7.99. The Morgan fingerprint density at radius 3 is 2.09 bits per heavy atom. The number of aromatic hydroxyl groups is 2. The molecule has 0 bridgehead atoms. The van der Waals surface area contributed by atoms with Gasteiger partial charge in [-0.05, 0) is 69.1 Å². The minimum atomic E-state index is -4.05. The summed E-state index contributed by atoms with van der Waals surface area (Å²) in [6.45, 7) is 0. The third-order valence-electron chi connectivity index (χ3n) is 5.94. The van der Waals surface area contributed by atoms with E-state index in [9.17, 15) is 18.6 Å². The van der Waals surface area contributed by atoms with Crippen LogP contribution in [-0.2, 0) is 10.0 Å². The van der Waals surface area contributed by atoms with Crippen LogP contribution in [0.3, 0.4) is 0 Å². The van der Waals surface area contributed by atoms with Crippen LogP contribution >= 0.6 is 0 Å². The van der Waals surface area contributed by atoms with E-state index < -0.39 is 10.0 Å². The highest BCUT2D eigenvalue weighted by Crippen LogP contribution is 2.45. The Kier molecular flexibility index (Phi) is 5.16. The Hall–Kier alpha value is -4.07. The van der Waals surface area contributed by atoms with Gasteiger partial charge in [-0.3, -0.25) is 0 Å². The van der Waals surface area contributed by atoms with Crippen molar-refractivity contribution in [2.75, 3.05) is 7.11 Å². The third-order valence-corrected chi connectivity index (χ3v) is 6.90. The predicted molar refractivity (Wildman–Crippen MR) is 134 cm³/mol. The topological polar surface area (TPSA) is 110 Å². The predicted octanol–water partition coefficient (Wildman–Crippen LogP) is 5.39. The van der Waals surface area contributed by atoms with Crippen molar-refractivity contribution in [1.82, 2.24) is 0 Å². The van der Waals surface area contributed by atoms with Gasteiger partial charge >= 0.3 is 0 Å². The van der Waals surface area contributed by atoms with Crippen LogP contribution in [0, 0.1) is 0 Å². The van der Waals surface area contributed by atoms with Crippen LogP contribution in [0.2, 0.25) is 0 Å². The molecule has 5 rings (SSSR count). The number of rotatable bonds is 4. The molecule has 7 heteroatoms. The maximum atomic E-state index is 12.5. The van der Waals surface area contributed by atoms with Gasteiger partial charge in [-0.25, -0.2) is 13.6 Å². The van der Waals surface area contributed by atoms with E-state index in [2.05, 4.69) is 0 Å². The lowest BCUT2D eigenvalue weighted by molar-refractivity contribution is 0.406. The summed E-state index contributed by atoms with van der Waals surface area (Å²) in [7, 11) is -2.55. The molecule has 0 saturated heterocycles. The monoisotopic (exact) mass is 471 g/mol. The summed E-state index contributed by atoms with van der Waals surface area (Å²) in [5.74, 6) is -0.0187. The Morgan fingerprint density at radius 2 is 1.41 bits per heavy atom. The molecule has 0 saturated carbocycles. The Balaban J connectivity index is 1.93. The summed E-state index contributed by atoms with van der Waals surface area (Å²) in [5, 5.41) is 30.0. The van der Waals surface area contributed by atoms with Crippen LogP contribution in [0.4, 0.5) is 0 Å². The third kappa shape index (κ3) is 3.61. The lowest BCUT2D eigenvalue weighted by atomic mass is 9.90. The highest BCUT2D eigenvalue weighted by molar-refractivity contribution is 7.89. The molecule has 0 radical (unpaired) electrons. The lowest BCUT2D eigenvalue weighted by Gasteiger charge is -2.17. The summed E-state index contributed by atoms with van der Waals surface area (Å²) in [6.07, 6.45) is 0. The second kappa shape index (κ2) is 8.06. The van der Waals surface area contributed by atoms with Gasteiger partial charge in [0.1, 0.15) is 5.75 Å². The van der Waals surface area contributed by atoms with E-state index in [0.717, 1.165) is 21.5 Å². The van der Waals surface area contributed by atoms with Gasteiger partial charge in [0.15, 0.2) is 11.5 Å². The highest BCUT2D eigenvalue weighted by Gasteiger charge is 2.21. The van der Waals surface area contributed by atoms with Crippen molar-refractivity contribution in [2.45, 2.75) is 4.90 Å². The van der Waals surface area contributed by atoms with Gasteiger partial charge in [0.25, 0.3) is 0 Å². The fourth-order valence-corrected chi connectivity index (χ4v) is 5.12. The summed E-state index contributed by atoms with van der Waals surface area (Å²) in [6, 6.07) is 24.8. The van der Waals surface area contributed by atoms with Gasteiger partial charge in [-0.2, -0.15) is 0 Å². The highest BCUT2D eigenvalue weighted by atomic mass is 32.2. The number of hydrogen-bond donors (Lipinski definition) is 3. The van der Waals surface area contributed by atoms with E-state index in [0.29, 0.717) is 28.0 Å². The van der Waals surface area contributed by atoms with Gasteiger partial charge in [-0.1, -0.05) is 48.5 Å². The van der Waals surface area contributed by atoms with E-state index in [4.69, 9.17) is 9.88 Å². The molecule has 4 N–H and O–H groups in total. The van der Waals surface area contributed by atoms with E-state index in [1.54, 1.807) is 18.2 Å². The van der Waals surface area contributed by atoms with Crippen LogP contribution in [0.15, 0.2) is 89.8 Å². The van der Waals surface area contributed by atoms with Crippen molar-refractivity contribution < 1.29 is 23.4 Å². The van der Waals surface area contributed by atoms with Crippen LogP contribution in [0.25, 0.3) is 43.8 Å². The number of primary sulfonamides is 1. The molecule has 0 heterocycles. The fourth-order valence-electron chi connectivity index (χ4n) is 4.39. The van der Waals surface area contributed by atoms with Crippen LogP contribution in [-0.4, -0.2) is 25.7 Å². The van der Waals surface area contributed by atoms with Crippen molar-refractivity contribution in [1.29, 1.82) is 0 Å². The SMILES string of the molecule is COc1ccc(S(N)(=O)=O)c(-c2cc(-c3c(O)c(O)cc4ccccc34)cc3ccccc23)c1. The number of fused-ring (bicyclic) bond motifs is 2. The number of phenolic OH excluding ortho intramolecular Hbond substituents is 2. The van der Waals surface area contributed by atoms with E-state index in [1.807, 2.05) is 54.6 Å². The average molecular weight is 472 g/mol. The molecule has 0 amide bonds. The molecule has 0 fully saturated rings. The van der Waals surface area contributed by atoms with Crippen molar-refractivity contribution in [2.24, 2.45) is 5.14 Å². The largest absolute Gasteiger partial charge is 0.504 e. The number of methoxy groups -OCH3 is 1.